The lowest BCUT2D eigenvalue weighted by Gasteiger charge is -2.25. The number of nitrogens with zero attached hydrogens (tertiary/aromatic N) is 4. The number of methoxy groups -OCH3 is 1. The first-order valence-electron chi connectivity index (χ1n) is 9.23. The summed E-state index contributed by atoms with van der Waals surface area (Å²) < 4.78 is 29.4. The number of ether oxygens (including phenoxy) is 1. The van der Waals surface area contributed by atoms with Crippen LogP contribution in [0.4, 0.5) is 0 Å². The molecule has 0 radical (unpaired) electrons. The Morgan fingerprint density at radius 2 is 2.04 bits per heavy atom. The van der Waals surface area contributed by atoms with Crippen molar-refractivity contribution < 1.29 is 28.2 Å². The van der Waals surface area contributed by atoms with Crippen LogP contribution < -0.4 is 5.32 Å². The Balaban J connectivity index is 1.52. The molecule has 4 atom stereocenters. The molecule has 11 nitrogen and oxygen atoms in total. The van der Waals surface area contributed by atoms with Gasteiger partial charge >= 0.3 is 0 Å². The molecule has 2 fully saturated rings. The lowest BCUT2D eigenvalue weighted by atomic mass is 10.1. The van der Waals surface area contributed by atoms with E-state index in [0.29, 0.717) is 32.6 Å². The van der Waals surface area contributed by atoms with Gasteiger partial charge < -0.3 is 20.3 Å². The monoisotopic (exact) mass is 417 g/mol. The molecule has 1 aliphatic heterocycles. The number of nitrogens with one attached hydrogen (secondary N) is 1. The van der Waals surface area contributed by atoms with Crippen molar-refractivity contribution in [2.24, 2.45) is 5.92 Å². The summed E-state index contributed by atoms with van der Waals surface area (Å²) in [6.07, 6.45) is 0.146. The summed E-state index contributed by atoms with van der Waals surface area (Å²) in [5, 5.41) is 31.3. The van der Waals surface area contributed by atoms with Crippen LogP contribution in [0.1, 0.15) is 12.1 Å². The molecule has 1 saturated carbocycles. The Labute approximate surface area is 163 Å². The van der Waals surface area contributed by atoms with Crippen molar-refractivity contribution in [2.75, 3.05) is 38.3 Å². The van der Waals surface area contributed by atoms with E-state index in [1.807, 2.05) is 4.90 Å². The van der Waals surface area contributed by atoms with Gasteiger partial charge in [-0.25, -0.2) is 8.42 Å². The number of carbonyl (C=O) groups is 1. The standard InChI is InChI=1S/C16H27N5O6S/c1-27-10-14(22)17-13-6-11(15(23)16(13)24)7-21-9-12(18-19-21)8-20-2-4-28(25,26)5-3-20/h9,11,13,15-16,23-24H,2-8,10H2,1H3,(H,17,22)/t11-,13-,15-,16+/m1/s1. The van der Waals surface area contributed by atoms with E-state index in [0.717, 1.165) is 5.69 Å². The van der Waals surface area contributed by atoms with Crippen LogP contribution in [0.5, 0.6) is 0 Å². The van der Waals surface area contributed by atoms with Gasteiger partial charge in [0, 0.05) is 45.4 Å². The molecule has 28 heavy (non-hydrogen) atoms. The zero-order valence-electron chi connectivity index (χ0n) is 15.8. The molecular formula is C16H27N5O6S. The molecule has 2 heterocycles. The van der Waals surface area contributed by atoms with Crippen LogP contribution in [0.2, 0.25) is 0 Å². The zero-order chi connectivity index (χ0) is 20.3. The van der Waals surface area contributed by atoms with E-state index in [4.69, 9.17) is 4.74 Å². The van der Waals surface area contributed by atoms with Crippen molar-refractivity contribution >= 4 is 15.7 Å². The van der Waals surface area contributed by atoms with Gasteiger partial charge in [-0.2, -0.15) is 0 Å². The first-order chi connectivity index (χ1) is 13.3. The fourth-order valence-corrected chi connectivity index (χ4v) is 4.98. The third kappa shape index (κ3) is 5.26. The Morgan fingerprint density at radius 1 is 1.32 bits per heavy atom. The maximum atomic E-state index is 11.7. The Kier molecular flexibility index (Phi) is 6.65. The third-order valence-electron chi connectivity index (χ3n) is 5.25. The summed E-state index contributed by atoms with van der Waals surface area (Å²) in [6, 6.07) is -0.541. The molecule has 1 aliphatic carbocycles. The molecule has 0 bridgehead atoms. The van der Waals surface area contributed by atoms with Crippen LogP contribution in [-0.4, -0.2) is 101 Å². The van der Waals surface area contributed by atoms with E-state index in [2.05, 4.69) is 15.6 Å². The number of hydrogen-bond acceptors (Lipinski definition) is 9. The predicted octanol–water partition coefficient (Wildman–Crippen LogP) is -2.62. The number of aliphatic hydroxyl groups is 2. The Hall–Kier alpha value is -1.60. The van der Waals surface area contributed by atoms with E-state index in [-0.39, 0.29) is 29.9 Å². The molecule has 0 unspecified atom stereocenters. The maximum absolute atomic E-state index is 11.7. The number of sulfone groups is 1. The smallest absolute Gasteiger partial charge is 0.246 e. The fourth-order valence-electron chi connectivity index (χ4n) is 3.71. The highest BCUT2D eigenvalue weighted by atomic mass is 32.2. The van der Waals surface area contributed by atoms with Crippen LogP contribution in [0.25, 0.3) is 0 Å². The highest BCUT2D eigenvalue weighted by Crippen LogP contribution is 2.28. The largest absolute Gasteiger partial charge is 0.390 e. The normalized spacial score (nSPS) is 30.4. The number of aromatic nitrogens is 3. The number of rotatable bonds is 7. The summed E-state index contributed by atoms with van der Waals surface area (Å²) in [4.78, 5) is 13.7. The molecule has 1 aromatic rings. The van der Waals surface area contributed by atoms with Gasteiger partial charge in [0.15, 0.2) is 9.84 Å². The highest BCUT2D eigenvalue weighted by Gasteiger charge is 2.42. The molecule has 1 amide bonds. The van der Waals surface area contributed by atoms with Crippen molar-refractivity contribution in [1.82, 2.24) is 25.2 Å². The summed E-state index contributed by atoms with van der Waals surface area (Å²) in [7, 11) is -1.51. The minimum Gasteiger partial charge on any atom is -0.390 e. The average molecular weight is 417 g/mol. The van der Waals surface area contributed by atoms with Gasteiger partial charge in [0.1, 0.15) is 12.7 Å². The first kappa shape index (κ1) is 21.1. The van der Waals surface area contributed by atoms with E-state index < -0.39 is 28.1 Å². The van der Waals surface area contributed by atoms with Gasteiger partial charge in [0.25, 0.3) is 0 Å². The topological polar surface area (TPSA) is 147 Å². The molecule has 0 aromatic carbocycles. The molecule has 158 valence electrons. The average Bonchev–Trinajstić information content (AvgIpc) is 3.17. The van der Waals surface area contributed by atoms with Crippen LogP contribution >= 0.6 is 0 Å². The van der Waals surface area contributed by atoms with Crippen molar-refractivity contribution in [3.05, 3.63) is 11.9 Å². The van der Waals surface area contributed by atoms with Gasteiger partial charge in [0.05, 0.1) is 29.3 Å². The number of hydrogen-bond donors (Lipinski definition) is 3. The van der Waals surface area contributed by atoms with Crippen molar-refractivity contribution in [3.63, 3.8) is 0 Å². The van der Waals surface area contributed by atoms with Gasteiger partial charge in [-0.05, 0) is 6.42 Å². The van der Waals surface area contributed by atoms with E-state index in [9.17, 15) is 23.4 Å². The summed E-state index contributed by atoms with van der Waals surface area (Å²) in [5.41, 5.74) is 0.720. The van der Waals surface area contributed by atoms with Crippen LogP contribution in [0.15, 0.2) is 6.20 Å². The molecule has 3 N–H and O–H groups in total. The summed E-state index contributed by atoms with van der Waals surface area (Å²) in [5.74, 6) is -0.309. The van der Waals surface area contributed by atoms with Crippen LogP contribution in [0, 0.1) is 5.92 Å². The van der Waals surface area contributed by atoms with Crippen molar-refractivity contribution in [1.29, 1.82) is 0 Å². The summed E-state index contributed by atoms with van der Waals surface area (Å²) in [6.45, 7) is 1.72. The number of carbonyl (C=O) groups excluding carboxylic acids is 1. The summed E-state index contributed by atoms with van der Waals surface area (Å²) >= 11 is 0. The number of aliphatic hydroxyl groups excluding tert-OH is 2. The fraction of sp³-hybridized carbons (Fsp3) is 0.812. The van der Waals surface area contributed by atoms with Crippen molar-refractivity contribution in [2.45, 2.75) is 37.8 Å². The maximum Gasteiger partial charge on any atom is 0.246 e. The van der Waals surface area contributed by atoms with Gasteiger partial charge in [0.2, 0.25) is 5.91 Å². The van der Waals surface area contributed by atoms with Crippen LogP contribution in [-0.2, 0) is 32.5 Å². The second-order valence-electron chi connectivity index (χ2n) is 7.44. The lowest BCUT2D eigenvalue weighted by Crippen LogP contribution is -2.44. The molecule has 12 heteroatoms. The predicted molar refractivity (Wildman–Crippen MR) is 97.9 cm³/mol. The van der Waals surface area contributed by atoms with E-state index >= 15 is 0 Å². The second-order valence-corrected chi connectivity index (χ2v) is 9.75. The zero-order valence-corrected chi connectivity index (χ0v) is 16.6. The molecule has 0 spiro atoms. The minimum absolute atomic E-state index is 0.103. The Morgan fingerprint density at radius 3 is 2.71 bits per heavy atom. The van der Waals surface area contributed by atoms with Gasteiger partial charge in [-0.1, -0.05) is 5.21 Å². The highest BCUT2D eigenvalue weighted by molar-refractivity contribution is 7.91. The molecule has 3 rings (SSSR count). The first-order valence-corrected chi connectivity index (χ1v) is 11.1. The molecule has 1 saturated heterocycles. The van der Waals surface area contributed by atoms with Gasteiger partial charge in [-0.15, -0.1) is 5.10 Å². The van der Waals surface area contributed by atoms with E-state index in [1.54, 1.807) is 10.9 Å². The van der Waals surface area contributed by atoms with E-state index in [1.165, 1.54) is 7.11 Å². The molecular weight excluding hydrogens is 390 g/mol. The van der Waals surface area contributed by atoms with Gasteiger partial charge in [-0.3, -0.25) is 14.4 Å². The quantitative estimate of drug-likeness (QED) is 0.434. The SMILES string of the molecule is COCC(=O)N[C@@H]1C[C@H](Cn2cc(CN3CCS(=O)(=O)CC3)nn2)[C@@H](O)[C@H]1O. The van der Waals surface area contributed by atoms with Crippen molar-refractivity contribution in [3.8, 4) is 0 Å². The van der Waals surface area contributed by atoms with Crippen LogP contribution in [0.3, 0.4) is 0 Å². The molecule has 1 aromatic heterocycles. The third-order valence-corrected chi connectivity index (χ3v) is 6.86. The number of amides is 1. The lowest BCUT2D eigenvalue weighted by molar-refractivity contribution is -0.126. The Bertz CT molecular complexity index is 770. The molecule has 2 aliphatic rings. The minimum atomic E-state index is -2.92. The second kappa shape index (κ2) is 8.82.